The summed E-state index contributed by atoms with van der Waals surface area (Å²) in [7, 11) is 0. The molecule has 0 saturated heterocycles. The molecule has 0 saturated carbocycles. The Balaban J connectivity index is 3.04. The quantitative estimate of drug-likeness (QED) is 0.524. The van der Waals surface area contributed by atoms with Crippen molar-refractivity contribution >= 4 is 12.1 Å². The van der Waals surface area contributed by atoms with Crippen molar-refractivity contribution in [2.24, 2.45) is 0 Å². The minimum Gasteiger partial charge on any atom is -0.302 e. The summed E-state index contributed by atoms with van der Waals surface area (Å²) >= 11 is 0. The fourth-order valence-electron chi connectivity index (χ4n) is 1.11. The third-order valence-corrected chi connectivity index (χ3v) is 1.78. The second-order valence-corrected chi connectivity index (χ2v) is 2.78. The lowest BCUT2D eigenvalue weighted by molar-refractivity contribution is -0.122. The van der Waals surface area contributed by atoms with Crippen LogP contribution in [0, 0.1) is 5.82 Å². The first-order valence-electron chi connectivity index (χ1n) is 3.86. The Morgan fingerprint density at radius 2 is 2.23 bits per heavy atom. The molecule has 0 aliphatic heterocycles. The zero-order chi connectivity index (χ0) is 9.84. The standard InChI is InChI=1S/C10H9FO2/c1-7(13)10(6-12)8-3-2-4-9(11)5-8/h2-6,10H,1H3. The van der Waals surface area contributed by atoms with E-state index in [9.17, 15) is 14.0 Å². The lowest BCUT2D eigenvalue weighted by atomic mass is 9.97. The van der Waals surface area contributed by atoms with Crippen LogP contribution in [0.5, 0.6) is 0 Å². The third-order valence-electron chi connectivity index (χ3n) is 1.78. The Morgan fingerprint density at radius 3 is 2.69 bits per heavy atom. The van der Waals surface area contributed by atoms with Gasteiger partial charge in [-0.25, -0.2) is 4.39 Å². The number of hydrogen-bond acceptors (Lipinski definition) is 2. The summed E-state index contributed by atoms with van der Waals surface area (Å²) < 4.78 is 12.7. The Kier molecular flexibility index (Phi) is 2.90. The molecule has 0 aliphatic carbocycles. The number of carbonyl (C=O) groups is 2. The van der Waals surface area contributed by atoms with Crippen molar-refractivity contribution in [3.8, 4) is 0 Å². The Morgan fingerprint density at radius 1 is 1.54 bits per heavy atom. The predicted molar refractivity (Wildman–Crippen MR) is 45.9 cm³/mol. The topological polar surface area (TPSA) is 34.1 Å². The number of hydrogen-bond donors (Lipinski definition) is 0. The molecule has 1 atom stereocenters. The van der Waals surface area contributed by atoms with Crippen molar-refractivity contribution in [3.05, 3.63) is 35.6 Å². The molecule has 0 heterocycles. The Labute approximate surface area is 75.4 Å². The molecule has 0 bridgehead atoms. The monoisotopic (exact) mass is 180 g/mol. The van der Waals surface area contributed by atoms with E-state index in [4.69, 9.17) is 0 Å². The lowest BCUT2D eigenvalue weighted by Crippen LogP contribution is -2.10. The van der Waals surface area contributed by atoms with Gasteiger partial charge in [-0.3, -0.25) is 4.79 Å². The van der Waals surface area contributed by atoms with E-state index in [0.29, 0.717) is 11.8 Å². The van der Waals surface area contributed by atoms with Gasteiger partial charge in [-0.15, -0.1) is 0 Å². The van der Waals surface area contributed by atoms with Crippen LogP contribution in [0.3, 0.4) is 0 Å². The number of Topliss-reactive ketones (excluding diaryl/α,β-unsaturated/α-hetero) is 1. The minimum absolute atomic E-state index is 0.277. The van der Waals surface area contributed by atoms with Crippen LogP contribution in [0.2, 0.25) is 0 Å². The van der Waals surface area contributed by atoms with Crippen LogP contribution < -0.4 is 0 Å². The van der Waals surface area contributed by atoms with Gasteiger partial charge >= 0.3 is 0 Å². The maximum absolute atomic E-state index is 12.7. The summed E-state index contributed by atoms with van der Waals surface area (Å²) in [5.74, 6) is -1.55. The maximum atomic E-state index is 12.7. The predicted octanol–water partition coefficient (Wildman–Crippen LogP) is 1.70. The van der Waals surface area contributed by atoms with Crippen LogP contribution in [0.4, 0.5) is 4.39 Å². The molecular weight excluding hydrogens is 171 g/mol. The molecule has 1 rings (SSSR count). The van der Waals surface area contributed by atoms with Crippen LogP contribution in [0.25, 0.3) is 0 Å². The van der Waals surface area contributed by atoms with Crippen molar-refractivity contribution in [1.82, 2.24) is 0 Å². The summed E-state index contributed by atoms with van der Waals surface area (Å²) in [5, 5.41) is 0. The van der Waals surface area contributed by atoms with Gasteiger partial charge in [-0.2, -0.15) is 0 Å². The van der Waals surface area contributed by atoms with Gasteiger partial charge in [-0.1, -0.05) is 12.1 Å². The summed E-state index contributed by atoms with van der Waals surface area (Å²) in [6, 6.07) is 5.50. The fourth-order valence-corrected chi connectivity index (χ4v) is 1.11. The van der Waals surface area contributed by atoms with Crippen LogP contribution in [-0.4, -0.2) is 12.1 Å². The molecule has 0 aromatic heterocycles. The second-order valence-electron chi connectivity index (χ2n) is 2.78. The molecular formula is C10H9FO2. The summed E-state index contributed by atoms with van der Waals surface area (Å²) in [5.41, 5.74) is 0.405. The van der Waals surface area contributed by atoms with Crippen LogP contribution in [0.15, 0.2) is 24.3 Å². The van der Waals surface area contributed by atoms with Crippen molar-refractivity contribution < 1.29 is 14.0 Å². The van der Waals surface area contributed by atoms with E-state index >= 15 is 0 Å². The zero-order valence-corrected chi connectivity index (χ0v) is 7.16. The van der Waals surface area contributed by atoms with Gasteiger partial charge < -0.3 is 4.79 Å². The molecule has 1 aromatic carbocycles. The highest BCUT2D eigenvalue weighted by Gasteiger charge is 2.15. The van der Waals surface area contributed by atoms with Gasteiger partial charge in [0.25, 0.3) is 0 Å². The minimum atomic E-state index is -0.837. The molecule has 0 N–H and O–H groups in total. The molecule has 1 aromatic rings. The first kappa shape index (κ1) is 9.58. The van der Waals surface area contributed by atoms with Gasteiger partial charge in [0.1, 0.15) is 17.9 Å². The third kappa shape index (κ3) is 2.21. The normalized spacial score (nSPS) is 12.2. The van der Waals surface area contributed by atoms with Gasteiger partial charge in [-0.05, 0) is 24.6 Å². The van der Waals surface area contributed by atoms with Crippen molar-refractivity contribution in [1.29, 1.82) is 0 Å². The number of rotatable bonds is 3. The molecule has 0 aliphatic rings. The van der Waals surface area contributed by atoms with Crippen LogP contribution in [0.1, 0.15) is 18.4 Å². The first-order chi connectivity index (χ1) is 6.15. The highest BCUT2D eigenvalue weighted by molar-refractivity contribution is 5.97. The lowest BCUT2D eigenvalue weighted by Gasteiger charge is -2.05. The molecule has 0 spiro atoms. The fraction of sp³-hybridized carbons (Fsp3) is 0.200. The molecule has 0 fully saturated rings. The van der Waals surface area contributed by atoms with E-state index < -0.39 is 11.7 Å². The van der Waals surface area contributed by atoms with Gasteiger partial charge in [0.2, 0.25) is 0 Å². The SMILES string of the molecule is CC(=O)C(C=O)c1cccc(F)c1. The number of halogens is 1. The van der Waals surface area contributed by atoms with E-state index in [1.54, 1.807) is 6.07 Å². The average Bonchev–Trinajstić information content (AvgIpc) is 2.04. The van der Waals surface area contributed by atoms with E-state index in [2.05, 4.69) is 0 Å². The highest BCUT2D eigenvalue weighted by Crippen LogP contribution is 2.15. The summed E-state index contributed by atoms with van der Waals surface area (Å²) in [4.78, 5) is 21.4. The highest BCUT2D eigenvalue weighted by atomic mass is 19.1. The Hall–Kier alpha value is -1.51. The zero-order valence-electron chi connectivity index (χ0n) is 7.16. The maximum Gasteiger partial charge on any atom is 0.144 e. The Bertz CT molecular complexity index is 333. The van der Waals surface area contributed by atoms with E-state index in [1.165, 1.54) is 25.1 Å². The molecule has 68 valence electrons. The first-order valence-corrected chi connectivity index (χ1v) is 3.86. The largest absolute Gasteiger partial charge is 0.302 e. The average molecular weight is 180 g/mol. The molecule has 2 nitrogen and oxygen atoms in total. The molecule has 3 heteroatoms. The number of aldehydes is 1. The second kappa shape index (κ2) is 3.94. The summed E-state index contributed by atoms with van der Waals surface area (Å²) in [6.45, 7) is 1.31. The van der Waals surface area contributed by atoms with Gasteiger partial charge in [0.05, 0.1) is 5.92 Å². The van der Waals surface area contributed by atoms with Crippen molar-refractivity contribution in [3.63, 3.8) is 0 Å². The van der Waals surface area contributed by atoms with Crippen LogP contribution >= 0.6 is 0 Å². The molecule has 0 radical (unpaired) electrons. The van der Waals surface area contributed by atoms with E-state index in [-0.39, 0.29) is 5.78 Å². The van der Waals surface area contributed by atoms with Crippen molar-refractivity contribution in [2.45, 2.75) is 12.8 Å². The van der Waals surface area contributed by atoms with Gasteiger partial charge in [0, 0.05) is 0 Å². The number of carbonyl (C=O) groups excluding carboxylic acids is 2. The van der Waals surface area contributed by atoms with Crippen molar-refractivity contribution in [2.75, 3.05) is 0 Å². The smallest absolute Gasteiger partial charge is 0.144 e. The molecule has 13 heavy (non-hydrogen) atoms. The van der Waals surface area contributed by atoms with E-state index in [1.807, 2.05) is 0 Å². The molecule has 0 amide bonds. The number of ketones is 1. The molecule has 1 unspecified atom stereocenters. The van der Waals surface area contributed by atoms with E-state index in [0.717, 1.165) is 0 Å². The summed E-state index contributed by atoms with van der Waals surface area (Å²) in [6.07, 6.45) is 0.525. The number of benzene rings is 1. The van der Waals surface area contributed by atoms with Crippen LogP contribution in [-0.2, 0) is 9.59 Å². The van der Waals surface area contributed by atoms with Gasteiger partial charge in [0.15, 0.2) is 0 Å².